The van der Waals surface area contributed by atoms with Crippen LogP contribution in [0.15, 0.2) is 12.2 Å². The van der Waals surface area contributed by atoms with Crippen molar-refractivity contribution in [3.8, 4) is 0 Å². The van der Waals surface area contributed by atoms with Crippen LogP contribution in [0.5, 0.6) is 0 Å². The van der Waals surface area contributed by atoms with E-state index in [1.54, 1.807) is 0 Å². The molecule has 1 fully saturated rings. The van der Waals surface area contributed by atoms with Gasteiger partial charge in [-0.15, -0.1) is 11.6 Å². The Labute approximate surface area is 85.8 Å². The molecule has 0 bridgehead atoms. The Bertz CT molecular complexity index is 169. The molecule has 0 spiro atoms. The van der Waals surface area contributed by atoms with Gasteiger partial charge in [-0.25, -0.2) is 0 Å². The maximum Gasteiger partial charge on any atom is 0.0854 e. The predicted octanol–water partition coefficient (Wildman–Crippen LogP) is 3.26. The monoisotopic (exact) mass is 202 g/mol. The molecule has 0 atom stereocenters. The standard InChI is InChI=1S/C11H19ClO/c1-10(6-9-12)11(13)7-4-2-3-5-8-11/h13H,1-9H2. The summed E-state index contributed by atoms with van der Waals surface area (Å²) in [6.07, 6.45) is 7.24. The number of halogens is 1. The van der Waals surface area contributed by atoms with Gasteiger partial charge >= 0.3 is 0 Å². The first-order valence-electron chi connectivity index (χ1n) is 5.16. The maximum atomic E-state index is 10.3. The molecule has 1 aliphatic rings. The fourth-order valence-electron chi connectivity index (χ4n) is 2.01. The second-order valence-electron chi connectivity index (χ2n) is 3.99. The molecule has 0 radical (unpaired) electrons. The molecule has 76 valence electrons. The Kier molecular flexibility index (Phi) is 4.27. The van der Waals surface area contributed by atoms with Crippen LogP contribution in [0.25, 0.3) is 0 Å². The molecule has 0 aromatic rings. The van der Waals surface area contributed by atoms with Crippen LogP contribution in [0.1, 0.15) is 44.9 Å². The molecule has 1 rings (SSSR count). The minimum absolute atomic E-state index is 0.571. The van der Waals surface area contributed by atoms with Crippen molar-refractivity contribution >= 4 is 11.6 Å². The summed E-state index contributed by atoms with van der Waals surface area (Å²) in [6, 6.07) is 0. The topological polar surface area (TPSA) is 20.2 Å². The molecule has 1 N–H and O–H groups in total. The fourth-order valence-corrected chi connectivity index (χ4v) is 2.24. The van der Waals surface area contributed by atoms with Crippen molar-refractivity contribution in [1.29, 1.82) is 0 Å². The first-order chi connectivity index (χ1) is 6.19. The number of aliphatic hydroxyl groups is 1. The van der Waals surface area contributed by atoms with Crippen LogP contribution in [0, 0.1) is 0 Å². The Morgan fingerprint density at radius 2 is 1.77 bits per heavy atom. The molecule has 0 aromatic carbocycles. The van der Waals surface area contributed by atoms with Crippen molar-refractivity contribution in [3.63, 3.8) is 0 Å². The van der Waals surface area contributed by atoms with Gasteiger partial charge in [-0.2, -0.15) is 0 Å². The third-order valence-corrected chi connectivity index (χ3v) is 3.17. The average Bonchev–Trinajstić information content (AvgIpc) is 2.32. The summed E-state index contributed by atoms with van der Waals surface area (Å²) in [4.78, 5) is 0. The predicted molar refractivity (Wildman–Crippen MR) is 57.1 cm³/mol. The Morgan fingerprint density at radius 3 is 2.23 bits per heavy atom. The van der Waals surface area contributed by atoms with Crippen molar-refractivity contribution in [1.82, 2.24) is 0 Å². The molecular formula is C11H19ClO. The van der Waals surface area contributed by atoms with Gasteiger partial charge in [0.05, 0.1) is 5.60 Å². The van der Waals surface area contributed by atoms with E-state index >= 15 is 0 Å². The lowest BCUT2D eigenvalue weighted by molar-refractivity contribution is 0.0600. The molecule has 2 heteroatoms. The Morgan fingerprint density at radius 1 is 1.23 bits per heavy atom. The van der Waals surface area contributed by atoms with Crippen molar-refractivity contribution in [2.45, 2.75) is 50.5 Å². The lowest BCUT2D eigenvalue weighted by atomic mass is 9.86. The third-order valence-electron chi connectivity index (χ3n) is 2.99. The van der Waals surface area contributed by atoms with E-state index in [4.69, 9.17) is 11.6 Å². The van der Waals surface area contributed by atoms with Crippen LogP contribution in [-0.4, -0.2) is 16.6 Å². The van der Waals surface area contributed by atoms with Gasteiger partial charge in [0.1, 0.15) is 0 Å². The normalized spacial score (nSPS) is 22.3. The molecule has 1 aliphatic carbocycles. The summed E-state index contributed by atoms with van der Waals surface area (Å²) in [5.74, 6) is 0.571. The van der Waals surface area contributed by atoms with E-state index in [9.17, 15) is 5.11 Å². The van der Waals surface area contributed by atoms with Gasteiger partial charge in [-0.1, -0.05) is 32.3 Å². The lowest BCUT2D eigenvalue weighted by Gasteiger charge is -2.28. The average molecular weight is 203 g/mol. The highest BCUT2D eigenvalue weighted by molar-refractivity contribution is 6.18. The van der Waals surface area contributed by atoms with Crippen LogP contribution >= 0.6 is 11.6 Å². The molecule has 0 unspecified atom stereocenters. The van der Waals surface area contributed by atoms with Gasteiger partial charge in [0.25, 0.3) is 0 Å². The molecule has 0 aromatic heterocycles. The molecule has 0 amide bonds. The van der Waals surface area contributed by atoms with Crippen molar-refractivity contribution < 1.29 is 5.11 Å². The molecule has 0 aliphatic heterocycles. The quantitative estimate of drug-likeness (QED) is 0.423. The van der Waals surface area contributed by atoms with E-state index in [0.29, 0.717) is 5.88 Å². The van der Waals surface area contributed by atoms with Crippen LogP contribution in [-0.2, 0) is 0 Å². The number of rotatable bonds is 3. The maximum absolute atomic E-state index is 10.3. The first-order valence-corrected chi connectivity index (χ1v) is 5.69. The zero-order valence-corrected chi connectivity index (χ0v) is 8.95. The minimum Gasteiger partial charge on any atom is -0.386 e. The summed E-state index contributed by atoms with van der Waals surface area (Å²) >= 11 is 5.65. The van der Waals surface area contributed by atoms with Crippen LogP contribution < -0.4 is 0 Å². The highest BCUT2D eigenvalue weighted by atomic mass is 35.5. The highest BCUT2D eigenvalue weighted by Crippen LogP contribution is 2.33. The number of hydrogen-bond acceptors (Lipinski definition) is 1. The van der Waals surface area contributed by atoms with Crippen LogP contribution in [0.3, 0.4) is 0 Å². The SMILES string of the molecule is C=C(CCCl)C1(O)CCCCCC1. The van der Waals surface area contributed by atoms with Gasteiger partial charge < -0.3 is 5.11 Å². The Hall–Kier alpha value is -0.0100. The van der Waals surface area contributed by atoms with Crippen molar-refractivity contribution in [2.75, 3.05) is 5.88 Å². The van der Waals surface area contributed by atoms with Gasteiger partial charge in [-0.3, -0.25) is 0 Å². The molecule has 13 heavy (non-hydrogen) atoms. The number of hydrogen-bond donors (Lipinski definition) is 1. The zero-order valence-electron chi connectivity index (χ0n) is 8.19. The van der Waals surface area contributed by atoms with Gasteiger partial charge in [0, 0.05) is 5.88 Å². The van der Waals surface area contributed by atoms with E-state index in [-0.39, 0.29) is 0 Å². The first kappa shape index (κ1) is 11.1. The van der Waals surface area contributed by atoms with Crippen molar-refractivity contribution in [2.24, 2.45) is 0 Å². The molecule has 0 heterocycles. The van der Waals surface area contributed by atoms with Gasteiger partial charge in [0.2, 0.25) is 0 Å². The fraction of sp³-hybridized carbons (Fsp3) is 0.818. The second kappa shape index (κ2) is 5.02. The summed E-state index contributed by atoms with van der Waals surface area (Å²) in [6.45, 7) is 3.95. The summed E-state index contributed by atoms with van der Waals surface area (Å²) in [7, 11) is 0. The van der Waals surface area contributed by atoms with Crippen LogP contribution in [0.4, 0.5) is 0 Å². The largest absolute Gasteiger partial charge is 0.386 e. The van der Waals surface area contributed by atoms with E-state index in [1.165, 1.54) is 12.8 Å². The molecule has 1 nitrogen and oxygen atoms in total. The van der Waals surface area contributed by atoms with Gasteiger partial charge in [-0.05, 0) is 24.8 Å². The molecule has 0 saturated heterocycles. The second-order valence-corrected chi connectivity index (χ2v) is 4.37. The van der Waals surface area contributed by atoms with Crippen molar-refractivity contribution in [3.05, 3.63) is 12.2 Å². The molecule has 1 saturated carbocycles. The summed E-state index contributed by atoms with van der Waals surface area (Å²) < 4.78 is 0. The number of alkyl halides is 1. The van der Waals surface area contributed by atoms with E-state index < -0.39 is 5.60 Å². The zero-order chi connectivity index (χ0) is 9.73. The summed E-state index contributed by atoms with van der Waals surface area (Å²) in [5, 5.41) is 10.3. The molecular weight excluding hydrogens is 184 g/mol. The summed E-state index contributed by atoms with van der Waals surface area (Å²) in [5.41, 5.74) is 0.329. The lowest BCUT2D eigenvalue weighted by Crippen LogP contribution is -2.30. The smallest absolute Gasteiger partial charge is 0.0854 e. The highest BCUT2D eigenvalue weighted by Gasteiger charge is 2.30. The minimum atomic E-state index is -0.606. The van der Waals surface area contributed by atoms with Crippen LogP contribution in [0.2, 0.25) is 0 Å². The van der Waals surface area contributed by atoms with E-state index in [1.807, 2.05) is 0 Å². The van der Waals surface area contributed by atoms with Gasteiger partial charge in [0.15, 0.2) is 0 Å². The van der Waals surface area contributed by atoms with E-state index in [0.717, 1.165) is 37.7 Å². The Balaban J connectivity index is 2.55. The third kappa shape index (κ3) is 2.99. The van der Waals surface area contributed by atoms with E-state index in [2.05, 4.69) is 6.58 Å².